The van der Waals surface area contributed by atoms with Gasteiger partial charge in [0, 0.05) is 44.0 Å². The van der Waals surface area contributed by atoms with Gasteiger partial charge in [0.25, 0.3) is 0 Å². The number of hydrogen-bond acceptors (Lipinski definition) is 5. The topological polar surface area (TPSA) is 64.9 Å². The summed E-state index contributed by atoms with van der Waals surface area (Å²) in [6.45, 7) is 12.0. The molecule has 0 saturated carbocycles. The number of rotatable bonds is 6. The van der Waals surface area contributed by atoms with E-state index < -0.39 is 5.82 Å². The van der Waals surface area contributed by atoms with E-state index in [9.17, 15) is 9.18 Å². The molecule has 1 fully saturated rings. The first kappa shape index (κ1) is 28.6. The van der Waals surface area contributed by atoms with E-state index in [0.717, 1.165) is 30.8 Å². The lowest BCUT2D eigenvalue weighted by Gasteiger charge is -2.45. The van der Waals surface area contributed by atoms with Gasteiger partial charge in [-0.25, -0.2) is 9.37 Å². The Morgan fingerprint density at radius 2 is 1.87 bits per heavy atom. The van der Waals surface area contributed by atoms with Crippen LogP contribution in [0.2, 0.25) is 5.02 Å². The molecule has 4 rings (SSSR count). The Balaban J connectivity index is 2.03. The molecule has 3 heterocycles. The molecule has 2 unspecified atom stereocenters. The number of benzene rings is 1. The van der Waals surface area contributed by atoms with Gasteiger partial charge < -0.3 is 9.80 Å². The van der Waals surface area contributed by atoms with Crippen LogP contribution in [-0.4, -0.2) is 71.3 Å². The number of aromatic nitrogens is 2. The van der Waals surface area contributed by atoms with E-state index in [4.69, 9.17) is 21.6 Å². The lowest BCUT2D eigenvalue weighted by atomic mass is 10.0. The second kappa shape index (κ2) is 11.8. The zero-order chi connectivity index (χ0) is 28.4. The van der Waals surface area contributed by atoms with Crippen molar-refractivity contribution in [3.8, 4) is 11.3 Å². The fourth-order valence-corrected chi connectivity index (χ4v) is 5.82. The summed E-state index contributed by atoms with van der Waals surface area (Å²) in [6, 6.07) is 10.3. The fraction of sp³-hybridized carbons (Fsp3) is 0.400. The first-order valence-corrected chi connectivity index (χ1v) is 13.6. The van der Waals surface area contributed by atoms with Gasteiger partial charge in [-0.3, -0.25) is 19.7 Å². The molecule has 0 aliphatic carbocycles. The Morgan fingerprint density at radius 1 is 1.21 bits per heavy atom. The first-order chi connectivity index (χ1) is 18.6. The highest BCUT2D eigenvalue weighted by Gasteiger charge is 2.34. The van der Waals surface area contributed by atoms with Crippen molar-refractivity contribution in [2.75, 3.05) is 32.1 Å². The molecule has 0 bridgehead atoms. The van der Waals surface area contributed by atoms with Gasteiger partial charge >= 0.3 is 0 Å². The fourth-order valence-electron chi connectivity index (χ4n) is 5.56. The zero-order valence-electron chi connectivity index (χ0n) is 23.6. The number of aryl methyl sites for hydroxylation is 1. The van der Waals surface area contributed by atoms with Crippen LogP contribution in [0.1, 0.15) is 50.4 Å². The minimum absolute atomic E-state index is 0.0427. The largest absolute Gasteiger partial charge is 0.348 e. The van der Waals surface area contributed by atoms with E-state index in [1.54, 1.807) is 37.5 Å². The molecule has 0 N–H and O–H groups in total. The van der Waals surface area contributed by atoms with E-state index in [2.05, 4.69) is 35.7 Å². The lowest BCUT2D eigenvalue weighted by molar-refractivity contribution is -0.106. The highest BCUT2D eigenvalue weighted by Crippen LogP contribution is 2.39. The van der Waals surface area contributed by atoms with Crippen LogP contribution in [0.15, 0.2) is 47.6 Å². The number of likely N-dealkylation sites (N-methyl/N-ethyl adjacent to an activating group) is 1. The molecule has 1 aliphatic heterocycles. The SMILES string of the molecule is CN=C(c1cc(Cl)c(-c2ccccc2F)nc1N(C=O)c1c(C)ccnc1C(C)C)N1C(C)CN(C)CC1C. The number of halogens is 2. The molecule has 3 aromatic rings. The minimum Gasteiger partial charge on any atom is -0.348 e. The Morgan fingerprint density at radius 3 is 2.46 bits per heavy atom. The molecule has 0 spiro atoms. The minimum atomic E-state index is -0.450. The number of piperazine rings is 1. The predicted octanol–water partition coefficient (Wildman–Crippen LogP) is 6.06. The smallest absolute Gasteiger partial charge is 0.219 e. The van der Waals surface area contributed by atoms with Gasteiger partial charge in [0.05, 0.1) is 27.7 Å². The maximum atomic E-state index is 15.0. The summed E-state index contributed by atoms with van der Waals surface area (Å²) < 4.78 is 15.0. The van der Waals surface area contributed by atoms with Gasteiger partial charge in [0.15, 0.2) is 5.82 Å². The number of pyridine rings is 2. The summed E-state index contributed by atoms with van der Waals surface area (Å²) in [5.74, 6) is 0.590. The second-order valence-electron chi connectivity index (χ2n) is 10.5. The van der Waals surface area contributed by atoms with Crippen molar-refractivity contribution in [2.45, 2.75) is 52.6 Å². The van der Waals surface area contributed by atoms with Gasteiger partial charge in [-0.15, -0.1) is 0 Å². The van der Waals surface area contributed by atoms with E-state index in [1.165, 1.54) is 11.0 Å². The number of amides is 1. The highest BCUT2D eigenvalue weighted by molar-refractivity contribution is 6.33. The standard InChI is InChI=1S/C30H36ClFN6O/c1-18(2)26-28(19(3)12-13-34-26)37(17-39)30-23(29(33-6)38-20(4)15-36(7)16-21(38)5)14-24(31)27(35-30)22-10-8-9-11-25(22)32/h8-14,17-18,20-21H,15-16H2,1-7H3. The van der Waals surface area contributed by atoms with Crippen LogP contribution in [-0.2, 0) is 4.79 Å². The summed E-state index contributed by atoms with van der Waals surface area (Å²) in [7, 11) is 3.84. The number of nitrogens with zero attached hydrogens (tertiary/aromatic N) is 6. The van der Waals surface area contributed by atoms with Gasteiger partial charge in [-0.2, -0.15) is 0 Å². The molecule has 0 radical (unpaired) electrons. The molecular formula is C30H36ClFN6O. The summed E-state index contributed by atoms with van der Waals surface area (Å²) in [5, 5.41) is 0.271. The molecule has 7 nitrogen and oxygen atoms in total. The second-order valence-corrected chi connectivity index (χ2v) is 10.9. The van der Waals surface area contributed by atoms with Crippen LogP contribution in [0.5, 0.6) is 0 Å². The Bertz CT molecular complexity index is 1380. The third kappa shape index (κ3) is 5.54. The Labute approximate surface area is 235 Å². The zero-order valence-corrected chi connectivity index (χ0v) is 24.4. The number of aliphatic imine (C=N–C) groups is 1. The average Bonchev–Trinajstić information content (AvgIpc) is 2.88. The van der Waals surface area contributed by atoms with E-state index in [1.807, 2.05) is 26.8 Å². The van der Waals surface area contributed by atoms with Crippen LogP contribution in [0.25, 0.3) is 11.3 Å². The third-order valence-corrected chi connectivity index (χ3v) is 7.45. The molecule has 206 valence electrons. The molecule has 1 aliphatic rings. The maximum absolute atomic E-state index is 15.0. The van der Waals surface area contributed by atoms with Crippen LogP contribution in [0.4, 0.5) is 15.9 Å². The van der Waals surface area contributed by atoms with Crippen molar-refractivity contribution in [3.63, 3.8) is 0 Å². The van der Waals surface area contributed by atoms with Gasteiger partial charge in [-0.1, -0.05) is 37.6 Å². The number of amidine groups is 1. The van der Waals surface area contributed by atoms with Crippen LogP contribution in [0.3, 0.4) is 0 Å². The number of anilines is 2. The van der Waals surface area contributed by atoms with Gasteiger partial charge in [0.2, 0.25) is 6.41 Å². The van der Waals surface area contributed by atoms with Crippen molar-refractivity contribution in [2.24, 2.45) is 4.99 Å². The third-order valence-electron chi connectivity index (χ3n) is 7.16. The highest BCUT2D eigenvalue weighted by atomic mass is 35.5. The van der Waals surface area contributed by atoms with E-state index >= 15 is 0 Å². The Hall–Kier alpha value is -3.36. The molecule has 1 aromatic carbocycles. The van der Waals surface area contributed by atoms with Gasteiger partial charge in [0.1, 0.15) is 11.7 Å². The number of hydrogen-bond donors (Lipinski definition) is 0. The molecule has 9 heteroatoms. The normalized spacial score (nSPS) is 18.5. The molecule has 1 amide bonds. The lowest BCUT2D eigenvalue weighted by Crippen LogP contribution is -2.57. The van der Waals surface area contributed by atoms with Crippen molar-refractivity contribution < 1.29 is 9.18 Å². The molecule has 2 aromatic heterocycles. The van der Waals surface area contributed by atoms with Crippen molar-refractivity contribution in [3.05, 3.63) is 70.3 Å². The first-order valence-electron chi connectivity index (χ1n) is 13.2. The molecule has 1 saturated heterocycles. The predicted molar refractivity (Wildman–Crippen MR) is 157 cm³/mol. The molecule has 2 atom stereocenters. The van der Waals surface area contributed by atoms with Crippen LogP contribution < -0.4 is 4.90 Å². The summed E-state index contributed by atoms with van der Waals surface area (Å²) >= 11 is 6.82. The average molecular weight is 551 g/mol. The Kier molecular flexibility index (Phi) is 8.67. The van der Waals surface area contributed by atoms with Crippen LogP contribution >= 0.6 is 11.6 Å². The summed E-state index contributed by atoms with van der Waals surface area (Å²) in [5.41, 5.74) is 3.37. The number of carbonyl (C=O) groups is 1. The van der Waals surface area contributed by atoms with E-state index in [0.29, 0.717) is 22.9 Å². The van der Waals surface area contributed by atoms with Crippen molar-refractivity contribution in [1.82, 2.24) is 19.8 Å². The molecular weight excluding hydrogens is 515 g/mol. The quantitative estimate of drug-likeness (QED) is 0.212. The maximum Gasteiger partial charge on any atom is 0.219 e. The molecule has 39 heavy (non-hydrogen) atoms. The van der Waals surface area contributed by atoms with E-state index in [-0.39, 0.29) is 34.3 Å². The monoisotopic (exact) mass is 550 g/mol. The van der Waals surface area contributed by atoms with Crippen LogP contribution in [0, 0.1) is 12.7 Å². The summed E-state index contributed by atoms with van der Waals surface area (Å²) in [6.07, 6.45) is 2.48. The van der Waals surface area contributed by atoms with Crippen molar-refractivity contribution in [1.29, 1.82) is 0 Å². The van der Waals surface area contributed by atoms with Gasteiger partial charge in [-0.05, 0) is 63.6 Å². The number of carbonyl (C=O) groups excluding carboxylic acids is 1. The summed E-state index contributed by atoms with van der Waals surface area (Å²) in [4.78, 5) is 33.2. The van der Waals surface area contributed by atoms with Crippen molar-refractivity contribution >= 4 is 35.4 Å².